The van der Waals surface area contributed by atoms with Gasteiger partial charge in [0, 0.05) is 13.1 Å². The number of piperidine rings is 1. The molecule has 0 aliphatic carbocycles. The summed E-state index contributed by atoms with van der Waals surface area (Å²) in [5, 5.41) is 0. The maximum absolute atomic E-state index is 10.8. The number of hydrogen-bond donors (Lipinski definition) is 1. The van der Waals surface area contributed by atoms with Gasteiger partial charge in [0.05, 0.1) is 5.75 Å². The van der Waals surface area contributed by atoms with Gasteiger partial charge in [0.25, 0.3) is 0 Å². The lowest BCUT2D eigenvalue weighted by Crippen LogP contribution is -2.35. The molecule has 0 unspecified atom stereocenters. The summed E-state index contributed by atoms with van der Waals surface area (Å²) in [4.78, 5) is 13.1. The quantitative estimate of drug-likeness (QED) is 0.508. The predicted octanol–water partition coefficient (Wildman–Crippen LogP) is 0.554. The fourth-order valence-corrected chi connectivity index (χ4v) is 1.40. The molecule has 0 saturated carbocycles. The zero-order valence-corrected chi connectivity index (χ0v) is 8.22. The molecule has 0 aromatic heterocycles. The lowest BCUT2D eigenvalue weighted by Gasteiger charge is -2.28. The van der Waals surface area contributed by atoms with Gasteiger partial charge in [0.15, 0.2) is 0 Å². The maximum Gasteiger partial charge on any atom is 0.315 e. The van der Waals surface area contributed by atoms with Crippen molar-refractivity contribution in [1.82, 2.24) is 4.90 Å². The summed E-state index contributed by atoms with van der Waals surface area (Å²) in [5.41, 5.74) is 0. The third-order valence-corrected chi connectivity index (χ3v) is 2.35. The van der Waals surface area contributed by atoms with Crippen LogP contribution >= 0.6 is 12.6 Å². The van der Waals surface area contributed by atoms with Gasteiger partial charge in [-0.3, -0.25) is 4.79 Å². The van der Waals surface area contributed by atoms with E-state index in [1.807, 2.05) is 0 Å². The zero-order valence-electron chi connectivity index (χ0n) is 7.32. The molecule has 1 rings (SSSR count). The monoisotopic (exact) mass is 189 g/mol. The minimum Gasteiger partial charge on any atom is -0.462 e. The van der Waals surface area contributed by atoms with Crippen molar-refractivity contribution in [3.8, 4) is 0 Å². The number of hydrogen-bond acceptors (Lipinski definition) is 4. The third kappa shape index (κ3) is 3.03. The van der Waals surface area contributed by atoms with Crippen LogP contribution in [0, 0.1) is 0 Å². The molecule has 0 aromatic rings. The molecule has 0 atom stereocenters. The molecule has 0 bridgehead atoms. The van der Waals surface area contributed by atoms with Crippen LogP contribution in [0.25, 0.3) is 0 Å². The largest absolute Gasteiger partial charge is 0.462 e. The van der Waals surface area contributed by atoms with Crippen molar-refractivity contribution in [3.05, 3.63) is 0 Å². The van der Waals surface area contributed by atoms with E-state index in [9.17, 15) is 4.79 Å². The van der Waals surface area contributed by atoms with E-state index < -0.39 is 0 Å². The van der Waals surface area contributed by atoms with Crippen LogP contribution in [0.2, 0.25) is 0 Å². The van der Waals surface area contributed by atoms with Crippen molar-refractivity contribution >= 4 is 18.6 Å². The Hall–Kier alpha value is -0.220. The Morgan fingerprint density at radius 2 is 2.17 bits per heavy atom. The first-order valence-electron chi connectivity index (χ1n) is 4.21. The highest BCUT2D eigenvalue weighted by Crippen LogP contribution is 2.12. The summed E-state index contributed by atoms with van der Waals surface area (Å²) in [7, 11) is 2.08. The van der Waals surface area contributed by atoms with Gasteiger partial charge in [-0.15, -0.1) is 0 Å². The number of likely N-dealkylation sites (tertiary alicyclic amines) is 1. The molecule has 1 aliphatic rings. The van der Waals surface area contributed by atoms with Crippen LogP contribution in [0.4, 0.5) is 0 Å². The van der Waals surface area contributed by atoms with E-state index in [0.717, 1.165) is 25.9 Å². The second-order valence-corrected chi connectivity index (χ2v) is 3.47. The summed E-state index contributed by atoms with van der Waals surface area (Å²) >= 11 is 3.85. The highest BCUT2D eigenvalue weighted by Gasteiger charge is 2.19. The van der Waals surface area contributed by atoms with Crippen molar-refractivity contribution in [1.29, 1.82) is 0 Å². The Bertz CT molecular complexity index is 155. The number of nitrogens with zero attached hydrogens (tertiary/aromatic N) is 1. The molecule has 1 aliphatic heterocycles. The van der Waals surface area contributed by atoms with Gasteiger partial charge in [0.2, 0.25) is 0 Å². The van der Waals surface area contributed by atoms with Gasteiger partial charge >= 0.3 is 5.97 Å². The topological polar surface area (TPSA) is 29.5 Å². The van der Waals surface area contributed by atoms with Crippen LogP contribution in [-0.2, 0) is 9.53 Å². The number of esters is 1. The van der Waals surface area contributed by atoms with Gasteiger partial charge in [-0.25, -0.2) is 0 Å². The van der Waals surface area contributed by atoms with Crippen LogP contribution in [0.1, 0.15) is 12.8 Å². The molecule has 1 heterocycles. The first-order valence-corrected chi connectivity index (χ1v) is 4.84. The van der Waals surface area contributed by atoms with Gasteiger partial charge < -0.3 is 9.64 Å². The van der Waals surface area contributed by atoms with Crippen LogP contribution in [-0.4, -0.2) is 42.9 Å². The summed E-state index contributed by atoms with van der Waals surface area (Å²) in [5.74, 6) is -0.0142. The number of carbonyl (C=O) groups is 1. The molecule has 70 valence electrons. The lowest BCUT2D eigenvalue weighted by atomic mass is 10.1. The summed E-state index contributed by atoms with van der Waals surface area (Å²) < 4.78 is 5.15. The van der Waals surface area contributed by atoms with Crippen molar-refractivity contribution < 1.29 is 9.53 Å². The second-order valence-electron chi connectivity index (χ2n) is 3.15. The van der Waals surface area contributed by atoms with Crippen molar-refractivity contribution in [2.24, 2.45) is 0 Å². The second kappa shape index (κ2) is 4.72. The molecule has 0 aromatic carbocycles. The Morgan fingerprint density at radius 3 is 2.67 bits per heavy atom. The van der Waals surface area contributed by atoms with Gasteiger partial charge in [-0.2, -0.15) is 12.6 Å². The van der Waals surface area contributed by atoms with E-state index in [2.05, 4.69) is 24.6 Å². The minimum absolute atomic E-state index is 0.126. The SMILES string of the molecule is CN1CCC(OC(=O)CS)CC1. The smallest absolute Gasteiger partial charge is 0.315 e. The minimum atomic E-state index is -0.201. The average molecular weight is 189 g/mol. The maximum atomic E-state index is 10.8. The summed E-state index contributed by atoms with van der Waals surface area (Å²) in [6.45, 7) is 2.04. The van der Waals surface area contributed by atoms with Crippen molar-refractivity contribution in [2.75, 3.05) is 25.9 Å². The van der Waals surface area contributed by atoms with Gasteiger partial charge in [-0.05, 0) is 19.9 Å². The van der Waals surface area contributed by atoms with Crippen LogP contribution in [0.5, 0.6) is 0 Å². The molecular formula is C8H15NO2S. The molecule has 4 heteroatoms. The Morgan fingerprint density at radius 1 is 1.58 bits per heavy atom. The van der Waals surface area contributed by atoms with Gasteiger partial charge in [-0.1, -0.05) is 0 Å². The molecule has 12 heavy (non-hydrogen) atoms. The number of rotatable bonds is 2. The fraction of sp³-hybridized carbons (Fsp3) is 0.875. The highest BCUT2D eigenvalue weighted by molar-refractivity contribution is 7.81. The number of thiol groups is 1. The molecule has 0 amide bonds. The molecule has 1 saturated heterocycles. The van der Waals surface area contributed by atoms with E-state index in [4.69, 9.17) is 4.74 Å². The highest BCUT2D eigenvalue weighted by atomic mass is 32.1. The molecule has 0 spiro atoms. The summed E-state index contributed by atoms with van der Waals surface area (Å²) in [6.07, 6.45) is 2.03. The first-order chi connectivity index (χ1) is 5.72. The molecule has 0 radical (unpaired) electrons. The van der Waals surface area contributed by atoms with E-state index in [1.165, 1.54) is 0 Å². The zero-order chi connectivity index (χ0) is 8.97. The molecule has 3 nitrogen and oxygen atoms in total. The lowest BCUT2D eigenvalue weighted by molar-refractivity contribution is -0.147. The predicted molar refractivity (Wildman–Crippen MR) is 50.5 cm³/mol. The first kappa shape index (κ1) is 9.86. The molecular weight excluding hydrogens is 174 g/mol. The van der Waals surface area contributed by atoms with Gasteiger partial charge in [0.1, 0.15) is 6.10 Å². The number of ether oxygens (including phenoxy) is 1. The molecule has 0 N–H and O–H groups in total. The van der Waals surface area contributed by atoms with Crippen molar-refractivity contribution in [2.45, 2.75) is 18.9 Å². The van der Waals surface area contributed by atoms with E-state index in [1.54, 1.807) is 0 Å². The van der Waals surface area contributed by atoms with E-state index >= 15 is 0 Å². The Kier molecular flexibility index (Phi) is 3.88. The Balaban J connectivity index is 2.21. The number of carbonyl (C=O) groups excluding carboxylic acids is 1. The third-order valence-electron chi connectivity index (χ3n) is 2.09. The molecule has 1 fully saturated rings. The van der Waals surface area contributed by atoms with Crippen molar-refractivity contribution in [3.63, 3.8) is 0 Å². The normalized spacial score (nSPS) is 20.8. The fourth-order valence-electron chi connectivity index (χ4n) is 1.33. The van der Waals surface area contributed by atoms with Crippen LogP contribution < -0.4 is 0 Å². The average Bonchev–Trinajstić information content (AvgIpc) is 2.09. The van der Waals surface area contributed by atoms with Crippen LogP contribution in [0.15, 0.2) is 0 Å². The standard InChI is InChI=1S/C8H15NO2S/c1-9-4-2-7(3-5-9)11-8(10)6-12/h7,12H,2-6H2,1H3. The summed E-state index contributed by atoms with van der Waals surface area (Å²) in [6, 6.07) is 0. The van der Waals surface area contributed by atoms with E-state index in [-0.39, 0.29) is 17.8 Å². The van der Waals surface area contributed by atoms with Crippen LogP contribution in [0.3, 0.4) is 0 Å². The van der Waals surface area contributed by atoms with E-state index in [0.29, 0.717) is 0 Å². The Labute approximate surface area is 78.5 Å².